The third-order valence-corrected chi connectivity index (χ3v) is 7.75. The van der Waals surface area contributed by atoms with Gasteiger partial charge in [0.2, 0.25) is 11.4 Å². The molecule has 3 amide bonds. The number of amides is 3. The van der Waals surface area contributed by atoms with Crippen LogP contribution in [0.5, 0.6) is 5.88 Å². The summed E-state index contributed by atoms with van der Waals surface area (Å²) in [5.74, 6) is 0.203. The van der Waals surface area contributed by atoms with Crippen molar-refractivity contribution in [2.24, 2.45) is 5.73 Å². The number of ether oxygens (including phenoxy) is 2. The molecule has 180 valence electrons. The number of nitrogens with two attached hydrogens (primary N) is 1. The Bertz CT molecular complexity index is 1050. The minimum atomic E-state index is -0.954. The van der Waals surface area contributed by atoms with Crippen LogP contribution in [-0.2, 0) is 4.74 Å². The van der Waals surface area contributed by atoms with Crippen LogP contribution in [0.25, 0.3) is 0 Å². The van der Waals surface area contributed by atoms with Gasteiger partial charge in [0.25, 0.3) is 0 Å². The van der Waals surface area contributed by atoms with Gasteiger partial charge in [-0.05, 0) is 49.6 Å². The maximum Gasteiger partial charge on any atom is 0.412 e. The van der Waals surface area contributed by atoms with Gasteiger partial charge in [0, 0.05) is 25.2 Å². The van der Waals surface area contributed by atoms with Crippen LogP contribution in [0.15, 0.2) is 41.7 Å². The molecule has 2 aromatic rings. The number of carbonyl (C=O) groups excluding carboxylic acids is 2. The molecule has 2 fully saturated rings. The SMILES string of the molecule is COc1ncnc2c1N(C(N)=O)C(OC(=O)N1CCC(N3CCCC3c3ccccc3)CC1)S2. The van der Waals surface area contributed by atoms with E-state index >= 15 is 0 Å². The molecule has 4 heterocycles. The molecular formula is C23H28N6O4S. The average Bonchev–Trinajstić information content (AvgIpc) is 3.49. The normalized spacial score (nSPS) is 23.1. The van der Waals surface area contributed by atoms with Gasteiger partial charge in [-0.15, -0.1) is 0 Å². The summed E-state index contributed by atoms with van der Waals surface area (Å²) < 4.78 is 10.9. The van der Waals surface area contributed by atoms with Crippen LogP contribution < -0.4 is 15.4 Å². The zero-order chi connectivity index (χ0) is 23.7. The molecular weight excluding hydrogens is 456 g/mol. The highest BCUT2D eigenvalue weighted by molar-refractivity contribution is 8.00. The number of piperidine rings is 1. The molecule has 2 unspecified atom stereocenters. The van der Waals surface area contributed by atoms with E-state index in [1.165, 1.54) is 31.8 Å². The predicted molar refractivity (Wildman–Crippen MR) is 126 cm³/mol. The number of urea groups is 1. The molecule has 11 heteroatoms. The Labute approximate surface area is 202 Å². The Morgan fingerprint density at radius 3 is 2.56 bits per heavy atom. The van der Waals surface area contributed by atoms with Crippen molar-refractivity contribution in [2.45, 2.75) is 48.4 Å². The Morgan fingerprint density at radius 2 is 1.85 bits per heavy atom. The lowest BCUT2D eigenvalue weighted by Crippen LogP contribution is -2.49. The molecule has 1 aromatic heterocycles. The molecule has 2 saturated heterocycles. The maximum absolute atomic E-state index is 13.0. The van der Waals surface area contributed by atoms with Crippen molar-refractivity contribution in [1.29, 1.82) is 0 Å². The number of aromatic nitrogens is 2. The summed E-state index contributed by atoms with van der Waals surface area (Å²) in [6.07, 6.45) is 4.99. The average molecular weight is 485 g/mol. The number of hydrogen-bond acceptors (Lipinski definition) is 8. The third-order valence-electron chi connectivity index (χ3n) is 6.72. The van der Waals surface area contributed by atoms with Crippen LogP contribution in [0.3, 0.4) is 0 Å². The fourth-order valence-corrected chi connectivity index (χ4v) is 6.18. The molecule has 10 nitrogen and oxygen atoms in total. The molecule has 0 aliphatic carbocycles. The highest BCUT2D eigenvalue weighted by Gasteiger charge is 2.42. The van der Waals surface area contributed by atoms with Gasteiger partial charge < -0.3 is 20.1 Å². The lowest BCUT2D eigenvalue weighted by molar-refractivity contribution is 0.0637. The number of thioether (sulfide) groups is 1. The molecule has 3 aliphatic rings. The molecule has 0 spiro atoms. The smallest absolute Gasteiger partial charge is 0.412 e. The van der Waals surface area contributed by atoms with Crippen LogP contribution in [-0.4, -0.2) is 70.2 Å². The summed E-state index contributed by atoms with van der Waals surface area (Å²) in [5.41, 5.74) is 6.31. The first kappa shape index (κ1) is 22.7. The van der Waals surface area contributed by atoms with Crippen molar-refractivity contribution in [3.05, 3.63) is 42.2 Å². The quantitative estimate of drug-likeness (QED) is 0.658. The second-order valence-corrected chi connectivity index (χ2v) is 9.60. The zero-order valence-corrected chi connectivity index (χ0v) is 19.8. The van der Waals surface area contributed by atoms with Crippen molar-refractivity contribution in [1.82, 2.24) is 19.8 Å². The number of hydrogen-bond donors (Lipinski definition) is 1. The van der Waals surface area contributed by atoms with Gasteiger partial charge in [0.15, 0.2) is 0 Å². The third kappa shape index (κ3) is 4.25. The summed E-state index contributed by atoms with van der Waals surface area (Å²) in [4.78, 5) is 38.8. The minimum Gasteiger partial charge on any atom is -0.479 e. The molecule has 0 saturated carbocycles. The lowest BCUT2D eigenvalue weighted by Gasteiger charge is -2.39. The number of rotatable bonds is 4. The van der Waals surface area contributed by atoms with E-state index in [0.717, 1.165) is 36.0 Å². The molecule has 3 aliphatic heterocycles. The van der Waals surface area contributed by atoms with E-state index in [2.05, 4.69) is 45.2 Å². The second-order valence-electron chi connectivity index (χ2n) is 8.58. The van der Waals surface area contributed by atoms with Crippen LogP contribution in [0, 0.1) is 0 Å². The number of likely N-dealkylation sites (tertiary alicyclic amines) is 2. The predicted octanol–water partition coefficient (Wildman–Crippen LogP) is 3.20. The fraction of sp³-hybridized carbons (Fsp3) is 0.478. The summed E-state index contributed by atoms with van der Waals surface area (Å²) in [7, 11) is 1.44. The monoisotopic (exact) mass is 484 g/mol. The maximum atomic E-state index is 13.0. The van der Waals surface area contributed by atoms with Crippen LogP contribution >= 0.6 is 11.8 Å². The first-order chi connectivity index (χ1) is 16.6. The number of methoxy groups -OCH3 is 1. The van der Waals surface area contributed by atoms with Crippen molar-refractivity contribution < 1.29 is 19.1 Å². The summed E-state index contributed by atoms with van der Waals surface area (Å²) in [6.45, 7) is 2.29. The first-order valence-corrected chi connectivity index (χ1v) is 12.4. The van der Waals surface area contributed by atoms with Gasteiger partial charge in [-0.3, -0.25) is 4.90 Å². The topological polar surface area (TPSA) is 114 Å². The number of primary amides is 1. The van der Waals surface area contributed by atoms with Gasteiger partial charge in [0.1, 0.15) is 17.0 Å². The van der Waals surface area contributed by atoms with Crippen molar-refractivity contribution in [2.75, 3.05) is 31.6 Å². The van der Waals surface area contributed by atoms with E-state index < -0.39 is 17.7 Å². The van der Waals surface area contributed by atoms with E-state index in [-0.39, 0.29) is 5.88 Å². The number of benzene rings is 1. The molecule has 0 radical (unpaired) electrons. The Balaban J connectivity index is 1.21. The first-order valence-electron chi connectivity index (χ1n) is 11.5. The Kier molecular flexibility index (Phi) is 6.46. The molecule has 5 rings (SSSR count). The number of anilines is 1. The van der Waals surface area contributed by atoms with E-state index in [1.807, 2.05) is 0 Å². The van der Waals surface area contributed by atoms with Crippen molar-refractivity contribution in [3.63, 3.8) is 0 Å². The van der Waals surface area contributed by atoms with E-state index in [4.69, 9.17) is 15.2 Å². The summed E-state index contributed by atoms with van der Waals surface area (Å²) in [5, 5.41) is 0.475. The van der Waals surface area contributed by atoms with Crippen molar-refractivity contribution in [3.8, 4) is 5.88 Å². The number of nitrogens with zero attached hydrogens (tertiary/aromatic N) is 5. The number of fused-ring (bicyclic) bond motifs is 1. The molecule has 0 bridgehead atoms. The molecule has 2 N–H and O–H groups in total. The Morgan fingerprint density at radius 1 is 1.09 bits per heavy atom. The van der Waals surface area contributed by atoms with Crippen LogP contribution in [0.2, 0.25) is 0 Å². The van der Waals surface area contributed by atoms with E-state index in [0.29, 0.717) is 35.9 Å². The lowest BCUT2D eigenvalue weighted by atomic mass is 9.99. The Hall–Kier alpha value is -3.05. The fourth-order valence-electron chi connectivity index (χ4n) is 5.13. The van der Waals surface area contributed by atoms with Crippen molar-refractivity contribution >= 4 is 29.6 Å². The largest absolute Gasteiger partial charge is 0.479 e. The second kappa shape index (κ2) is 9.67. The minimum absolute atomic E-state index is 0.203. The molecule has 2 atom stereocenters. The molecule has 34 heavy (non-hydrogen) atoms. The summed E-state index contributed by atoms with van der Waals surface area (Å²) >= 11 is 1.13. The highest BCUT2D eigenvalue weighted by Crippen LogP contribution is 2.46. The standard InChI is InChI=1S/C23H28N6O4S/c1-32-19-18-20(26-14-25-19)34-23(29(18)21(24)30)33-22(31)27-12-9-16(10-13-27)28-11-5-8-17(28)15-6-3-2-4-7-15/h2-4,6-7,14,16-17,23H,5,8-13H2,1H3,(H2,24,30). The van der Waals surface area contributed by atoms with Gasteiger partial charge >= 0.3 is 12.1 Å². The molecule has 1 aromatic carbocycles. The summed E-state index contributed by atoms with van der Waals surface area (Å²) in [6, 6.07) is 10.8. The van der Waals surface area contributed by atoms with Crippen LogP contribution in [0.4, 0.5) is 15.3 Å². The van der Waals surface area contributed by atoms with Gasteiger partial charge in [-0.2, -0.15) is 4.98 Å². The van der Waals surface area contributed by atoms with Gasteiger partial charge in [0.05, 0.1) is 7.11 Å². The highest BCUT2D eigenvalue weighted by atomic mass is 32.2. The van der Waals surface area contributed by atoms with Gasteiger partial charge in [-0.1, -0.05) is 30.3 Å². The van der Waals surface area contributed by atoms with Gasteiger partial charge in [-0.25, -0.2) is 19.5 Å². The van der Waals surface area contributed by atoms with E-state index in [1.54, 1.807) is 4.90 Å². The van der Waals surface area contributed by atoms with E-state index in [9.17, 15) is 9.59 Å². The van der Waals surface area contributed by atoms with Crippen LogP contribution in [0.1, 0.15) is 37.3 Å². The number of carbonyl (C=O) groups is 2. The zero-order valence-electron chi connectivity index (χ0n) is 19.0.